The van der Waals surface area contributed by atoms with Crippen molar-refractivity contribution < 1.29 is 50.3 Å². The molecule has 2 aliphatic rings. The number of nitrogens with one attached hydrogen (secondary N) is 1. The highest BCUT2D eigenvalue weighted by molar-refractivity contribution is 6.35. The summed E-state index contributed by atoms with van der Waals surface area (Å²) < 4.78 is 95.6. The van der Waals surface area contributed by atoms with Crippen LogP contribution in [0.1, 0.15) is 52.6 Å². The Bertz CT molecular complexity index is 1850. The van der Waals surface area contributed by atoms with Crippen molar-refractivity contribution >= 4 is 29.3 Å². The third-order valence-corrected chi connectivity index (χ3v) is 7.41. The van der Waals surface area contributed by atoms with Gasteiger partial charge in [0.2, 0.25) is 5.41 Å². The monoisotopic (exact) mass is 610 g/mol. The fraction of sp³-hybridized carbons (Fsp3) is 0.0968. The Morgan fingerprint density at radius 1 is 0.591 bits per heavy atom. The number of benzene rings is 4. The SMILES string of the molecule is O=C1NC(=O)c2cc(C(c3cccc4c3C(=O)N(c3ccc(Oc5ccccc5)cc3)C4=O)(C(F)(F)F)C(F)(F)F)ccc21. The zero-order valence-corrected chi connectivity index (χ0v) is 21.9. The van der Waals surface area contributed by atoms with Gasteiger partial charge in [0.05, 0.1) is 27.9 Å². The minimum atomic E-state index is -6.14. The summed E-state index contributed by atoms with van der Waals surface area (Å²) in [6.45, 7) is 0. The van der Waals surface area contributed by atoms with Crippen LogP contribution in [0.3, 0.4) is 0 Å². The molecule has 44 heavy (non-hydrogen) atoms. The fourth-order valence-corrected chi connectivity index (χ4v) is 5.47. The van der Waals surface area contributed by atoms with E-state index in [4.69, 9.17) is 4.74 Å². The van der Waals surface area contributed by atoms with E-state index < -0.39 is 74.8 Å². The van der Waals surface area contributed by atoms with Crippen molar-refractivity contribution in [3.05, 3.63) is 124 Å². The number of alkyl halides is 6. The molecule has 6 rings (SSSR count). The van der Waals surface area contributed by atoms with Gasteiger partial charge in [-0.2, -0.15) is 26.3 Å². The van der Waals surface area contributed by atoms with Crippen LogP contribution < -0.4 is 15.0 Å². The Labute approximate surface area is 243 Å². The molecule has 0 saturated carbocycles. The first-order chi connectivity index (χ1) is 20.8. The molecule has 2 aliphatic heterocycles. The molecule has 0 spiro atoms. The summed E-state index contributed by atoms with van der Waals surface area (Å²) in [5, 5.41) is 1.82. The van der Waals surface area contributed by atoms with Crippen molar-refractivity contribution in [3.8, 4) is 11.5 Å². The lowest BCUT2D eigenvalue weighted by atomic mass is 9.70. The number of fused-ring (bicyclic) bond motifs is 2. The maximum atomic E-state index is 15.0. The summed E-state index contributed by atoms with van der Waals surface area (Å²) >= 11 is 0. The average Bonchev–Trinajstić information content (AvgIpc) is 3.39. The van der Waals surface area contributed by atoms with Gasteiger partial charge in [-0.05, 0) is 65.7 Å². The van der Waals surface area contributed by atoms with Crippen LogP contribution in [0.2, 0.25) is 0 Å². The second kappa shape index (κ2) is 9.79. The van der Waals surface area contributed by atoms with Crippen LogP contribution in [-0.2, 0) is 5.41 Å². The summed E-state index contributed by atoms with van der Waals surface area (Å²) in [7, 11) is 0. The van der Waals surface area contributed by atoms with Crippen LogP contribution in [0.25, 0.3) is 0 Å². The highest BCUT2D eigenvalue weighted by Gasteiger charge is 2.74. The van der Waals surface area contributed by atoms with Crippen molar-refractivity contribution in [1.29, 1.82) is 0 Å². The first-order valence-electron chi connectivity index (χ1n) is 12.7. The summed E-state index contributed by atoms with van der Waals surface area (Å²) in [5.41, 5.74) is -10.9. The molecule has 4 aromatic rings. The molecule has 7 nitrogen and oxygen atoms in total. The van der Waals surface area contributed by atoms with Gasteiger partial charge in [0.25, 0.3) is 23.6 Å². The van der Waals surface area contributed by atoms with Crippen molar-refractivity contribution in [1.82, 2.24) is 5.32 Å². The van der Waals surface area contributed by atoms with Crippen LogP contribution >= 0.6 is 0 Å². The van der Waals surface area contributed by atoms with Gasteiger partial charge in [-0.1, -0.05) is 36.4 Å². The van der Waals surface area contributed by atoms with Crippen molar-refractivity contribution in [3.63, 3.8) is 0 Å². The van der Waals surface area contributed by atoms with E-state index in [0.29, 0.717) is 34.9 Å². The second-order valence-corrected chi connectivity index (χ2v) is 9.87. The molecule has 0 bridgehead atoms. The van der Waals surface area contributed by atoms with E-state index in [1.807, 2.05) is 5.32 Å². The number of hydrogen-bond donors (Lipinski definition) is 1. The number of imide groups is 2. The molecule has 0 unspecified atom stereocenters. The Balaban J connectivity index is 1.49. The highest BCUT2D eigenvalue weighted by atomic mass is 19.4. The van der Waals surface area contributed by atoms with Crippen molar-refractivity contribution in [2.45, 2.75) is 17.8 Å². The lowest BCUT2D eigenvalue weighted by Crippen LogP contribution is -2.55. The highest BCUT2D eigenvalue weighted by Crippen LogP contribution is 2.58. The Morgan fingerprint density at radius 2 is 1.20 bits per heavy atom. The van der Waals surface area contributed by atoms with Gasteiger partial charge in [0.1, 0.15) is 11.5 Å². The topological polar surface area (TPSA) is 92.8 Å². The van der Waals surface area contributed by atoms with E-state index in [1.54, 1.807) is 30.3 Å². The smallest absolute Gasteiger partial charge is 0.411 e. The molecule has 0 saturated heterocycles. The first kappa shape index (κ1) is 28.6. The second-order valence-electron chi connectivity index (χ2n) is 9.87. The number of nitrogens with zero attached hydrogens (tertiary/aromatic N) is 1. The normalized spacial score (nSPS) is 14.9. The zero-order valence-electron chi connectivity index (χ0n) is 21.9. The molecule has 222 valence electrons. The third kappa shape index (κ3) is 4.14. The molecule has 0 radical (unpaired) electrons. The molecule has 1 N–H and O–H groups in total. The lowest BCUT2D eigenvalue weighted by Gasteiger charge is -2.39. The number of halogens is 6. The number of ether oxygens (including phenoxy) is 1. The number of para-hydroxylation sites is 1. The largest absolute Gasteiger partial charge is 0.457 e. The number of hydrogen-bond acceptors (Lipinski definition) is 5. The van der Waals surface area contributed by atoms with E-state index in [2.05, 4.69) is 0 Å². The van der Waals surface area contributed by atoms with E-state index in [0.717, 1.165) is 12.1 Å². The quantitative estimate of drug-likeness (QED) is 0.204. The summed E-state index contributed by atoms with van der Waals surface area (Å²) in [6, 6.07) is 17.5. The summed E-state index contributed by atoms with van der Waals surface area (Å²) in [6.07, 6.45) is -12.3. The van der Waals surface area contributed by atoms with Gasteiger partial charge in [0.15, 0.2) is 0 Å². The Kier molecular flexibility index (Phi) is 6.38. The number of carbonyl (C=O) groups excluding carboxylic acids is 4. The van der Waals surface area contributed by atoms with Crippen LogP contribution in [0.4, 0.5) is 32.0 Å². The molecule has 0 atom stereocenters. The van der Waals surface area contributed by atoms with E-state index in [1.165, 1.54) is 24.3 Å². The van der Waals surface area contributed by atoms with Crippen molar-refractivity contribution in [2.75, 3.05) is 4.90 Å². The fourth-order valence-electron chi connectivity index (χ4n) is 5.47. The van der Waals surface area contributed by atoms with Crippen LogP contribution in [0, 0.1) is 0 Å². The average molecular weight is 610 g/mol. The number of amides is 4. The van der Waals surface area contributed by atoms with Gasteiger partial charge in [-0.3, -0.25) is 24.5 Å². The van der Waals surface area contributed by atoms with Crippen LogP contribution in [0.5, 0.6) is 11.5 Å². The molecule has 13 heteroatoms. The molecule has 2 heterocycles. The van der Waals surface area contributed by atoms with Crippen molar-refractivity contribution in [2.24, 2.45) is 0 Å². The third-order valence-electron chi connectivity index (χ3n) is 7.41. The van der Waals surface area contributed by atoms with E-state index in [-0.39, 0.29) is 11.4 Å². The van der Waals surface area contributed by atoms with Gasteiger partial charge in [-0.25, -0.2) is 4.90 Å². The minimum absolute atomic E-state index is 0.125. The van der Waals surface area contributed by atoms with Gasteiger partial charge < -0.3 is 4.74 Å². The Hall–Kier alpha value is -5.46. The minimum Gasteiger partial charge on any atom is -0.457 e. The van der Waals surface area contributed by atoms with Crippen LogP contribution in [-0.4, -0.2) is 36.0 Å². The predicted octanol–water partition coefficient (Wildman–Crippen LogP) is 6.57. The number of anilines is 1. The van der Waals surface area contributed by atoms with E-state index in [9.17, 15) is 45.5 Å². The predicted molar refractivity (Wildman–Crippen MR) is 142 cm³/mol. The van der Waals surface area contributed by atoms with Gasteiger partial charge >= 0.3 is 12.4 Å². The molecule has 0 aromatic heterocycles. The molecular weight excluding hydrogens is 594 g/mol. The zero-order chi connectivity index (χ0) is 31.6. The van der Waals surface area contributed by atoms with Gasteiger partial charge in [-0.15, -0.1) is 0 Å². The maximum Gasteiger partial charge on any atom is 0.411 e. The lowest BCUT2D eigenvalue weighted by molar-refractivity contribution is -0.288. The standard InChI is InChI=1S/C31H16F6N2O5/c32-30(33,34)29(31(35,36)37,16-9-14-20-22(15-16)26(41)38-25(20)40)23-8-4-7-21-24(23)28(43)39(27(21)42)17-10-12-19(13-11-17)44-18-5-2-1-3-6-18/h1-15H,(H,38,40,41). The molecule has 4 amide bonds. The summed E-state index contributed by atoms with van der Waals surface area (Å²) in [5.74, 6) is -3.97. The van der Waals surface area contributed by atoms with Gasteiger partial charge in [0, 0.05) is 0 Å². The molecule has 0 aliphatic carbocycles. The maximum absolute atomic E-state index is 15.0. The number of rotatable bonds is 5. The first-order valence-corrected chi connectivity index (χ1v) is 12.7. The summed E-state index contributed by atoms with van der Waals surface area (Å²) in [4.78, 5) is 51.6. The van der Waals surface area contributed by atoms with E-state index >= 15 is 0 Å². The Morgan fingerprint density at radius 3 is 1.84 bits per heavy atom. The number of carbonyl (C=O) groups is 4. The molecular formula is C31H16F6N2O5. The molecule has 0 fully saturated rings. The van der Waals surface area contributed by atoms with Crippen LogP contribution in [0.15, 0.2) is 91.0 Å². The molecule has 4 aromatic carbocycles.